The summed E-state index contributed by atoms with van der Waals surface area (Å²) in [4.78, 5) is 15.3. The predicted octanol–water partition coefficient (Wildman–Crippen LogP) is 0.508. The molecule has 5 heteroatoms. The van der Waals surface area contributed by atoms with Crippen LogP contribution in [0.25, 0.3) is 0 Å². The van der Waals surface area contributed by atoms with Gasteiger partial charge in [0.2, 0.25) is 5.91 Å². The second kappa shape index (κ2) is 7.76. The highest BCUT2D eigenvalue weighted by Crippen LogP contribution is 2.09. The minimum atomic E-state index is -0.297. The number of rotatable bonds is 8. The fourth-order valence-corrected chi connectivity index (χ4v) is 1.99. The van der Waals surface area contributed by atoms with Crippen molar-refractivity contribution in [3.05, 3.63) is 29.8 Å². The molecule has 5 nitrogen and oxygen atoms in total. The molecular formula is C14H24N4O. The van der Waals surface area contributed by atoms with E-state index in [1.54, 1.807) is 0 Å². The lowest BCUT2D eigenvalue weighted by Gasteiger charge is -2.22. The third-order valence-electron chi connectivity index (χ3n) is 2.82. The van der Waals surface area contributed by atoms with Crippen molar-refractivity contribution in [3.63, 3.8) is 0 Å². The zero-order valence-electron chi connectivity index (χ0n) is 11.8. The number of anilines is 1. The van der Waals surface area contributed by atoms with E-state index in [1.165, 1.54) is 0 Å². The normalized spacial score (nSPS) is 11.2. The topological polar surface area (TPSA) is 75.6 Å². The van der Waals surface area contributed by atoms with Crippen LogP contribution in [0, 0.1) is 0 Å². The summed E-state index contributed by atoms with van der Waals surface area (Å²) in [6.45, 7) is 2.81. The first kappa shape index (κ1) is 15.5. The monoisotopic (exact) mass is 264 g/mol. The maximum atomic E-state index is 11.1. The van der Waals surface area contributed by atoms with E-state index in [9.17, 15) is 4.79 Å². The van der Waals surface area contributed by atoms with E-state index in [1.807, 2.05) is 38.4 Å². The number of nitrogens with two attached hydrogens (primary N) is 2. The summed E-state index contributed by atoms with van der Waals surface area (Å²) in [5.41, 5.74) is 12.9. The molecule has 0 aromatic heterocycles. The van der Waals surface area contributed by atoms with Crippen molar-refractivity contribution in [2.24, 2.45) is 5.73 Å². The lowest BCUT2D eigenvalue weighted by molar-refractivity contribution is -0.119. The number of nitrogen functional groups attached to an aromatic ring is 1. The first-order chi connectivity index (χ1) is 8.97. The van der Waals surface area contributed by atoms with Crippen LogP contribution in [0.2, 0.25) is 0 Å². The van der Waals surface area contributed by atoms with E-state index in [0.29, 0.717) is 6.54 Å². The molecule has 1 amide bonds. The molecular weight excluding hydrogens is 240 g/mol. The molecule has 0 unspecified atom stereocenters. The van der Waals surface area contributed by atoms with Crippen molar-refractivity contribution in [2.75, 3.05) is 39.5 Å². The Kier molecular flexibility index (Phi) is 6.32. The molecule has 0 aliphatic carbocycles. The lowest BCUT2D eigenvalue weighted by atomic mass is 10.2. The maximum Gasteiger partial charge on any atom is 0.231 e. The van der Waals surface area contributed by atoms with Crippen LogP contribution in [0.5, 0.6) is 0 Å². The number of hydrogen-bond acceptors (Lipinski definition) is 4. The minimum Gasteiger partial charge on any atom is -0.399 e. The molecule has 0 saturated carbocycles. The van der Waals surface area contributed by atoms with Crippen molar-refractivity contribution in [1.29, 1.82) is 0 Å². The fourth-order valence-electron chi connectivity index (χ4n) is 1.99. The molecule has 1 aromatic rings. The van der Waals surface area contributed by atoms with Gasteiger partial charge in [-0.3, -0.25) is 9.69 Å². The van der Waals surface area contributed by atoms with Crippen molar-refractivity contribution in [3.8, 4) is 0 Å². The fraction of sp³-hybridized carbons (Fsp3) is 0.500. The van der Waals surface area contributed by atoms with Crippen molar-refractivity contribution < 1.29 is 4.79 Å². The van der Waals surface area contributed by atoms with Gasteiger partial charge >= 0.3 is 0 Å². The molecule has 0 aliphatic rings. The summed E-state index contributed by atoms with van der Waals surface area (Å²) in [6.07, 6.45) is 1.00. The van der Waals surface area contributed by atoms with Gasteiger partial charge in [-0.2, -0.15) is 0 Å². The first-order valence-electron chi connectivity index (χ1n) is 6.47. The van der Waals surface area contributed by atoms with Gasteiger partial charge in [-0.15, -0.1) is 0 Å². The van der Waals surface area contributed by atoms with Crippen LogP contribution >= 0.6 is 0 Å². The van der Waals surface area contributed by atoms with E-state index >= 15 is 0 Å². The average molecular weight is 264 g/mol. The molecule has 0 radical (unpaired) electrons. The number of carbonyl (C=O) groups excluding carboxylic acids is 1. The van der Waals surface area contributed by atoms with E-state index < -0.39 is 0 Å². The van der Waals surface area contributed by atoms with Crippen LogP contribution < -0.4 is 11.5 Å². The Morgan fingerprint density at radius 1 is 1.26 bits per heavy atom. The summed E-state index contributed by atoms with van der Waals surface area (Å²) in [7, 11) is 4.08. The van der Waals surface area contributed by atoms with E-state index in [4.69, 9.17) is 11.5 Å². The van der Waals surface area contributed by atoms with Gasteiger partial charge in [0.25, 0.3) is 0 Å². The predicted molar refractivity (Wildman–Crippen MR) is 78.5 cm³/mol. The molecule has 1 aromatic carbocycles. The molecule has 0 atom stereocenters. The molecule has 106 valence electrons. The summed E-state index contributed by atoms with van der Waals surface area (Å²) in [5, 5.41) is 0. The van der Waals surface area contributed by atoms with Crippen LogP contribution in [0.1, 0.15) is 12.0 Å². The highest BCUT2D eigenvalue weighted by atomic mass is 16.1. The van der Waals surface area contributed by atoms with Crippen molar-refractivity contribution in [2.45, 2.75) is 13.0 Å². The molecule has 0 heterocycles. The first-order valence-corrected chi connectivity index (χ1v) is 6.47. The van der Waals surface area contributed by atoms with E-state index in [0.717, 1.165) is 30.8 Å². The number of nitrogens with zero attached hydrogens (tertiary/aromatic N) is 2. The van der Waals surface area contributed by atoms with E-state index in [-0.39, 0.29) is 12.5 Å². The molecule has 0 bridgehead atoms. The number of carbonyl (C=O) groups is 1. The lowest BCUT2D eigenvalue weighted by Crippen LogP contribution is -2.35. The molecule has 0 aliphatic heterocycles. The van der Waals surface area contributed by atoms with Gasteiger partial charge < -0.3 is 16.4 Å². The summed E-state index contributed by atoms with van der Waals surface area (Å²) >= 11 is 0. The number of hydrogen-bond donors (Lipinski definition) is 2. The molecule has 0 saturated heterocycles. The molecule has 1 rings (SSSR count). The highest BCUT2D eigenvalue weighted by Gasteiger charge is 2.09. The Balaban J connectivity index is 2.55. The summed E-state index contributed by atoms with van der Waals surface area (Å²) in [5.74, 6) is -0.297. The smallest absolute Gasteiger partial charge is 0.231 e. The molecule has 4 N–H and O–H groups in total. The third-order valence-corrected chi connectivity index (χ3v) is 2.82. The summed E-state index contributed by atoms with van der Waals surface area (Å²) < 4.78 is 0. The Bertz CT molecular complexity index is 406. The molecule has 0 fully saturated rings. The Hall–Kier alpha value is -1.59. The van der Waals surface area contributed by atoms with Crippen molar-refractivity contribution in [1.82, 2.24) is 9.80 Å². The maximum absolute atomic E-state index is 11.1. The van der Waals surface area contributed by atoms with Gasteiger partial charge in [0.15, 0.2) is 0 Å². The Morgan fingerprint density at radius 3 is 2.58 bits per heavy atom. The Morgan fingerprint density at radius 2 is 2.00 bits per heavy atom. The van der Waals surface area contributed by atoms with Crippen molar-refractivity contribution >= 4 is 11.6 Å². The average Bonchev–Trinajstić information content (AvgIpc) is 2.27. The van der Waals surface area contributed by atoms with Gasteiger partial charge in [-0.1, -0.05) is 12.1 Å². The third kappa shape index (κ3) is 6.79. The summed E-state index contributed by atoms with van der Waals surface area (Å²) in [6, 6.07) is 7.72. The second-order valence-corrected chi connectivity index (χ2v) is 5.08. The number of amides is 1. The molecule has 0 spiro atoms. The molecule has 19 heavy (non-hydrogen) atoms. The van der Waals surface area contributed by atoms with Gasteiger partial charge in [0, 0.05) is 18.8 Å². The van der Waals surface area contributed by atoms with Crippen LogP contribution in [0.3, 0.4) is 0 Å². The quantitative estimate of drug-likeness (QED) is 0.671. The van der Waals surface area contributed by atoms with Crippen LogP contribution in [0.4, 0.5) is 5.69 Å². The zero-order valence-corrected chi connectivity index (χ0v) is 11.8. The second-order valence-electron chi connectivity index (χ2n) is 5.08. The van der Waals surface area contributed by atoms with E-state index in [2.05, 4.69) is 9.80 Å². The Labute approximate surface area is 115 Å². The van der Waals surface area contributed by atoms with Gasteiger partial charge in [0.1, 0.15) is 0 Å². The van der Waals surface area contributed by atoms with Crippen LogP contribution in [0.15, 0.2) is 24.3 Å². The number of primary amides is 1. The largest absolute Gasteiger partial charge is 0.399 e. The van der Waals surface area contributed by atoms with Gasteiger partial charge in [0.05, 0.1) is 6.54 Å². The standard InChI is InChI=1S/C14H24N4O/c1-17(2)7-4-8-18(11-14(16)19)10-12-5-3-6-13(15)9-12/h3,5-6,9H,4,7-8,10-11,15H2,1-2H3,(H2,16,19). The van der Waals surface area contributed by atoms with Crippen LogP contribution in [-0.4, -0.2) is 49.4 Å². The van der Waals surface area contributed by atoms with Gasteiger partial charge in [-0.25, -0.2) is 0 Å². The zero-order chi connectivity index (χ0) is 14.3. The number of benzene rings is 1. The highest BCUT2D eigenvalue weighted by molar-refractivity contribution is 5.75. The van der Waals surface area contributed by atoms with Gasteiger partial charge in [-0.05, 0) is 44.8 Å². The van der Waals surface area contributed by atoms with Crippen LogP contribution in [-0.2, 0) is 11.3 Å². The minimum absolute atomic E-state index is 0.280. The SMILES string of the molecule is CN(C)CCCN(CC(N)=O)Cc1cccc(N)c1.